The first kappa shape index (κ1) is 16.8. The van der Waals surface area contributed by atoms with Crippen LogP contribution in [0.15, 0.2) is 0 Å². The summed E-state index contributed by atoms with van der Waals surface area (Å²) in [6.07, 6.45) is 5.72. The fourth-order valence-corrected chi connectivity index (χ4v) is 2.00. The zero-order valence-electron chi connectivity index (χ0n) is 10.3. The van der Waals surface area contributed by atoms with Gasteiger partial charge in [-0.15, -0.1) is 0 Å². The van der Waals surface area contributed by atoms with E-state index in [1.54, 1.807) is 0 Å². The van der Waals surface area contributed by atoms with Crippen LogP contribution in [0, 0.1) is 5.92 Å². The average molecular weight is 269 g/mol. The SMILES string of the molecule is CNC(C)CC1CCC(O)CC1.O=S(=O)(O)O. The van der Waals surface area contributed by atoms with Crippen molar-refractivity contribution in [2.45, 2.75) is 51.2 Å². The third-order valence-corrected chi connectivity index (χ3v) is 3.00. The normalized spacial score (nSPS) is 26.9. The molecule has 1 atom stereocenters. The first-order valence-corrected chi connectivity index (χ1v) is 7.17. The van der Waals surface area contributed by atoms with Gasteiger partial charge in [-0.25, -0.2) is 0 Å². The molecule has 0 aromatic rings. The van der Waals surface area contributed by atoms with Crippen molar-refractivity contribution < 1.29 is 22.6 Å². The Bertz CT molecular complexity index is 277. The maximum atomic E-state index is 9.30. The Hall–Kier alpha value is -0.210. The van der Waals surface area contributed by atoms with Crippen molar-refractivity contribution >= 4 is 10.4 Å². The number of nitrogens with one attached hydrogen (secondary N) is 1. The standard InChI is InChI=1S/C10H21NO.H2O4S/c1-8(11-2)7-9-3-5-10(12)6-4-9;1-5(2,3)4/h8-12H,3-7H2,1-2H3;(H2,1,2,3,4). The minimum Gasteiger partial charge on any atom is -0.393 e. The molecule has 4 N–H and O–H groups in total. The molecule has 7 heteroatoms. The predicted octanol–water partition coefficient (Wildman–Crippen LogP) is 0.883. The lowest BCUT2D eigenvalue weighted by molar-refractivity contribution is 0.104. The topological polar surface area (TPSA) is 107 Å². The summed E-state index contributed by atoms with van der Waals surface area (Å²) < 4.78 is 31.6. The van der Waals surface area contributed by atoms with Crippen LogP contribution in [0.4, 0.5) is 0 Å². The first-order valence-electron chi connectivity index (χ1n) is 5.77. The van der Waals surface area contributed by atoms with Crippen LogP contribution in [0.5, 0.6) is 0 Å². The van der Waals surface area contributed by atoms with Crippen molar-refractivity contribution in [3.8, 4) is 0 Å². The summed E-state index contributed by atoms with van der Waals surface area (Å²) >= 11 is 0. The number of aliphatic hydroxyl groups excluding tert-OH is 1. The van der Waals surface area contributed by atoms with E-state index in [1.807, 2.05) is 7.05 Å². The van der Waals surface area contributed by atoms with Crippen LogP contribution in [0.2, 0.25) is 0 Å². The van der Waals surface area contributed by atoms with Gasteiger partial charge in [0.2, 0.25) is 0 Å². The largest absolute Gasteiger partial charge is 0.394 e. The van der Waals surface area contributed by atoms with Gasteiger partial charge >= 0.3 is 10.4 Å². The molecule has 1 aliphatic carbocycles. The summed E-state index contributed by atoms with van der Waals surface area (Å²) in [5.74, 6) is 0.843. The van der Waals surface area contributed by atoms with Crippen molar-refractivity contribution in [1.29, 1.82) is 0 Å². The molecule has 0 amide bonds. The molecule has 6 nitrogen and oxygen atoms in total. The van der Waals surface area contributed by atoms with Crippen molar-refractivity contribution in [3.63, 3.8) is 0 Å². The Labute approximate surface area is 103 Å². The van der Waals surface area contributed by atoms with Gasteiger partial charge in [0.05, 0.1) is 6.10 Å². The van der Waals surface area contributed by atoms with Crippen molar-refractivity contribution in [1.82, 2.24) is 5.32 Å². The van der Waals surface area contributed by atoms with Crippen LogP contribution in [0.1, 0.15) is 39.0 Å². The molecule has 1 saturated carbocycles. The summed E-state index contributed by atoms with van der Waals surface area (Å²) in [5.41, 5.74) is 0. The molecule has 1 unspecified atom stereocenters. The van der Waals surface area contributed by atoms with Gasteiger partial charge in [-0.2, -0.15) is 8.42 Å². The minimum atomic E-state index is -4.67. The minimum absolute atomic E-state index is 0.00820. The molecular formula is C10H23NO5S. The molecule has 1 aliphatic rings. The summed E-state index contributed by atoms with van der Waals surface area (Å²) in [4.78, 5) is 0. The van der Waals surface area contributed by atoms with E-state index in [4.69, 9.17) is 17.5 Å². The van der Waals surface area contributed by atoms with Crippen LogP contribution in [0.3, 0.4) is 0 Å². The number of aliphatic hydroxyl groups is 1. The van der Waals surface area contributed by atoms with Gasteiger partial charge in [0.15, 0.2) is 0 Å². The molecule has 1 fully saturated rings. The molecule has 0 radical (unpaired) electrons. The molecule has 17 heavy (non-hydrogen) atoms. The zero-order chi connectivity index (χ0) is 13.5. The fourth-order valence-electron chi connectivity index (χ4n) is 2.00. The highest BCUT2D eigenvalue weighted by atomic mass is 32.3. The smallest absolute Gasteiger partial charge is 0.393 e. The van der Waals surface area contributed by atoms with E-state index in [2.05, 4.69) is 12.2 Å². The Morgan fingerprint density at radius 3 is 2.00 bits per heavy atom. The second kappa shape index (κ2) is 7.99. The molecule has 0 aliphatic heterocycles. The Kier molecular flexibility index (Phi) is 7.89. The van der Waals surface area contributed by atoms with Crippen molar-refractivity contribution in [3.05, 3.63) is 0 Å². The monoisotopic (exact) mass is 269 g/mol. The van der Waals surface area contributed by atoms with E-state index >= 15 is 0 Å². The first-order chi connectivity index (χ1) is 7.72. The summed E-state index contributed by atoms with van der Waals surface area (Å²) in [7, 11) is -2.65. The number of hydrogen-bond donors (Lipinski definition) is 4. The molecule has 1 rings (SSSR count). The maximum Gasteiger partial charge on any atom is 0.394 e. The van der Waals surface area contributed by atoms with E-state index in [0.717, 1.165) is 18.8 Å². The Morgan fingerprint density at radius 2 is 1.65 bits per heavy atom. The maximum absolute atomic E-state index is 9.30. The summed E-state index contributed by atoms with van der Waals surface area (Å²) in [6.45, 7) is 2.23. The lowest BCUT2D eigenvalue weighted by Gasteiger charge is -2.27. The molecule has 0 saturated heterocycles. The van der Waals surface area contributed by atoms with Gasteiger partial charge < -0.3 is 10.4 Å². The highest BCUT2D eigenvalue weighted by molar-refractivity contribution is 7.79. The van der Waals surface area contributed by atoms with E-state index < -0.39 is 10.4 Å². The van der Waals surface area contributed by atoms with Crippen molar-refractivity contribution in [2.75, 3.05) is 7.05 Å². The number of hydrogen-bond acceptors (Lipinski definition) is 4. The van der Waals surface area contributed by atoms with Gasteiger partial charge in [-0.05, 0) is 52.0 Å². The molecule has 104 valence electrons. The highest BCUT2D eigenvalue weighted by Crippen LogP contribution is 2.27. The van der Waals surface area contributed by atoms with E-state index in [1.165, 1.54) is 19.3 Å². The van der Waals surface area contributed by atoms with E-state index in [-0.39, 0.29) is 6.10 Å². The van der Waals surface area contributed by atoms with Crippen LogP contribution in [-0.2, 0) is 10.4 Å². The third kappa shape index (κ3) is 12.0. The number of rotatable bonds is 3. The fraction of sp³-hybridized carbons (Fsp3) is 1.00. The second-order valence-corrected chi connectivity index (χ2v) is 5.44. The molecule has 0 aromatic carbocycles. The lowest BCUT2D eigenvalue weighted by Crippen LogP contribution is -2.27. The molecule has 0 spiro atoms. The molecular weight excluding hydrogens is 246 g/mol. The van der Waals surface area contributed by atoms with Crippen LogP contribution < -0.4 is 5.32 Å². The second-order valence-electron chi connectivity index (χ2n) is 4.55. The van der Waals surface area contributed by atoms with Crippen molar-refractivity contribution in [2.24, 2.45) is 5.92 Å². The molecule has 0 bridgehead atoms. The van der Waals surface area contributed by atoms with E-state index in [0.29, 0.717) is 6.04 Å². The van der Waals surface area contributed by atoms with E-state index in [9.17, 15) is 5.11 Å². The average Bonchev–Trinajstić information content (AvgIpc) is 2.19. The van der Waals surface area contributed by atoms with Gasteiger partial charge in [0, 0.05) is 6.04 Å². The highest BCUT2D eigenvalue weighted by Gasteiger charge is 2.20. The van der Waals surface area contributed by atoms with Crippen LogP contribution >= 0.6 is 0 Å². The third-order valence-electron chi connectivity index (χ3n) is 3.00. The van der Waals surface area contributed by atoms with Crippen LogP contribution in [-0.4, -0.2) is 41.8 Å². The quantitative estimate of drug-likeness (QED) is 0.567. The zero-order valence-corrected chi connectivity index (χ0v) is 11.2. The van der Waals surface area contributed by atoms with Crippen LogP contribution in [0.25, 0.3) is 0 Å². The molecule has 0 heterocycles. The Balaban J connectivity index is 0.000000437. The summed E-state index contributed by atoms with van der Waals surface area (Å²) in [5, 5.41) is 12.6. The van der Waals surface area contributed by atoms with Gasteiger partial charge in [-0.3, -0.25) is 9.11 Å². The van der Waals surface area contributed by atoms with Gasteiger partial charge in [0.25, 0.3) is 0 Å². The lowest BCUT2D eigenvalue weighted by atomic mass is 9.84. The Morgan fingerprint density at radius 1 is 1.24 bits per heavy atom. The predicted molar refractivity (Wildman–Crippen MR) is 65.3 cm³/mol. The van der Waals surface area contributed by atoms with Gasteiger partial charge in [0.1, 0.15) is 0 Å². The molecule has 0 aromatic heterocycles. The summed E-state index contributed by atoms with van der Waals surface area (Å²) in [6, 6.07) is 0.630. The van der Waals surface area contributed by atoms with Gasteiger partial charge in [-0.1, -0.05) is 0 Å².